The summed E-state index contributed by atoms with van der Waals surface area (Å²) in [4.78, 5) is 13.8. The number of methoxy groups -OCH3 is 3. The van der Waals surface area contributed by atoms with Gasteiger partial charge in [-0.1, -0.05) is 6.07 Å². The Balaban J connectivity index is 1.88. The molecule has 0 unspecified atom stereocenters. The maximum Gasteiger partial charge on any atom is 0.262 e. The van der Waals surface area contributed by atoms with Gasteiger partial charge in [0.15, 0.2) is 11.5 Å². The minimum atomic E-state index is -3.85. The van der Waals surface area contributed by atoms with Crippen molar-refractivity contribution in [3.63, 3.8) is 0 Å². The molecule has 0 aromatic heterocycles. The van der Waals surface area contributed by atoms with E-state index in [1.54, 1.807) is 17.0 Å². The van der Waals surface area contributed by atoms with Crippen LogP contribution in [0.4, 0.5) is 11.4 Å². The van der Waals surface area contributed by atoms with Gasteiger partial charge in [0.05, 0.1) is 24.8 Å². The number of carbonyl (C=O) groups is 1. The van der Waals surface area contributed by atoms with Crippen molar-refractivity contribution in [2.24, 2.45) is 0 Å². The monoisotopic (exact) mass is 406 g/mol. The quantitative estimate of drug-likeness (QED) is 0.756. The second-order valence-corrected chi connectivity index (χ2v) is 7.88. The van der Waals surface area contributed by atoms with Crippen LogP contribution in [0.3, 0.4) is 0 Å². The summed E-state index contributed by atoms with van der Waals surface area (Å²) in [6.45, 7) is 0.518. The van der Waals surface area contributed by atoms with E-state index in [1.165, 1.54) is 39.5 Å². The number of ether oxygens (including phenoxy) is 3. The minimum absolute atomic E-state index is 0.0267. The molecule has 0 bridgehead atoms. The normalized spacial score (nSPS) is 13.2. The first kappa shape index (κ1) is 20.0. The van der Waals surface area contributed by atoms with Crippen molar-refractivity contribution in [1.82, 2.24) is 0 Å². The first-order chi connectivity index (χ1) is 13.4. The zero-order valence-corrected chi connectivity index (χ0v) is 16.7. The molecule has 1 aliphatic rings. The average molecular weight is 406 g/mol. The number of benzene rings is 2. The van der Waals surface area contributed by atoms with Crippen molar-refractivity contribution in [2.45, 2.75) is 11.3 Å². The molecule has 0 radical (unpaired) electrons. The van der Waals surface area contributed by atoms with Gasteiger partial charge in [0, 0.05) is 25.4 Å². The van der Waals surface area contributed by atoms with E-state index in [0.717, 1.165) is 5.56 Å². The molecular formula is C19H22N2O6S. The van der Waals surface area contributed by atoms with E-state index < -0.39 is 10.0 Å². The van der Waals surface area contributed by atoms with Crippen molar-refractivity contribution in [3.05, 3.63) is 42.0 Å². The van der Waals surface area contributed by atoms with Gasteiger partial charge in [0.1, 0.15) is 6.61 Å². The molecule has 8 nitrogen and oxygen atoms in total. The Hall–Kier alpha value is -2.78. The Morgan fingerprint density at radius 1 is 1.07 bits per heavy atom. The van der Waals surface area contributed by atoms with E-state index in [2.05, 4.69) is 4.72 Å². The average Bonchev–Trinajstić information content (AvgIpc) is 3.10. The van der Waals surface area contributed by atoms with Crippen molar-refractivity contribution < 1.29 is 27.4 Å². The molecule has 0 aliphatic carbocycles. The Morgan fingerprint density at radius 3 is 2.50 bits per heavy atom. The Labute approximate surface area is 164 Å². The van der Waals surface area contributed by atoms with Gasteiger partial charge >= 0.3 is 0 Å². The molecule has 1 aliphatic heterocycles. The molecule has 2 aromatic rings. The van der Waals surface area contributed by atoms with Crippen LogP contribution in [-0.2, 0) is 26.0 Å². The summed E-state index contributed by atoms with van der Waals surface area (Å²) in [7, 11) is 0.527. The first-order valence-electron chi connectivity index (χ1n) is 8.56. The zero-order chi connectivity index (χ0) is 20.3. The fourth-order valence-corrected chi connectivity index (χ4v) is 4.17. The van der Waals surface area contributed by atoms with Gasteiger partial charge in [-0.2, -0.15) is 0 Å². The molecule has 9 heteroatoms. The number of sulfonamides is 1. The molecule has 1 N–H and O–H groups in total. The number of fused-ring (bicyclic) bond motifs is 1. The lowest BCUT2D eigenvalue weighted by Crippen LogP contribution is -2.32. The van der Waals surface area contributed by atoms with E-state index >= 15 is 0 Å². The molecule has 0 fully saturated rings. The minimum Gasteiger partial charge on any atom is -0.493 e. The van der Waals surface area contributed by atoms with Crippen LogP contribution in [0.2, 0.25) is 0 Å². The molecule has 2 aromatic carbocycles. The SMILES string of the molecule is COCC(=O)N1CCc2ccc(NS(=O)(=O)c3ccc(OC)c(OC)c3)cc21. The van der Waals surface area contributed by atoms with Gasteiger partial charge in [-0.05, 0) is 36.2 Å². The molecule has 0 saturated heterocycles. The molecule has 0 saturated carbocycles. The number of carbonyl (C=O) groups excluding carboxylic acids is 1. The molecule has 0 atom stereocenters. The number of hydrogen-bond acceptors (Lipinski definition) is 6. The van der Waals surface area contributed by atoms with Crippen LogP contribution in [0, 0.1) is 0 Å². The maximum absolute atomic E-state index is 12.8. The van der Waals surface area contributed by atoms with E-state index in [4.69, 9.17) is 14.2 Å². The number of rotatable bonds is 7. The molecule has 28 heavy (non-hydrogen) atoms. The summed E-state index contributed by atoms with van der Waals surface area (Å²) in [5.41, 5.74) is 2.04. The van der Waals surface area contributed by atoms with Crippen molar-refractivity contribution >= 4 is 27.3 Å². The molecular weight excluding hydrogens is 384 g/mol. The smallest absolute Gasteiger partial charge is 0.262 e. The van der Waals surface area contributed by atoms with Crippen LogP contribution >= 0.6 is 0 Å². The van der Waals surface area contributed by atoms with Crippen molar-refractivity contribution in [2.75, 3.05) is 44.1 Å². The van der Waals surface area contributed by atoms with Gasteiger partial charge < -0.3 is 19.1 Å². The highest BCUT2D eigenvalue weighted by atomic mass is 32.2. The fraction of sp³-hybridized carbons (Fsp3) is 0.316. The van der Waals surface area contributed by atoms with Crippen LogP contribution in [0.1, 0.15) is 5.56 Å². The molecule has 1 heterocycles. The largest absolute Gasteiger partial charge is 0.493 e. The Kier molecular flexibility index (Phi) is 5.76. The fourth-order valence-electron chi connectivity index (χ4n) is 3.10. The summed E-state index contributed by atoms with van der Waals surface area (Å²) in [6, 6.07) is 9.52. The lowest BCUT2D eigenvalue weighted by atomic mass is 10.1. The van der Waals surface area contributed by atoms with Gasteiger partial charge in [0.25, 0.3) is 15.9 Å². The van der Waals surface area contributed by atoms with E-state index in [1.807, 2.05) is 6.07 Å². The van der Waals surface area contributed by atoms with E-state index in [9.17, 15) is 13.2 Å². The summed E-state index contributed by atoms with van der Waals surface area (Å²) in [6.07, 6.45) is 0.716. The lowest BCUT2D eigenvalue weighted by Gasteiger charge is -2.18. The molecule has 150 valence electrons. The topological polar surface area (TPSA) is 94.2 Å². The highest BCUT2D eigenvalue weighted by molar-refractivity contribution is 7.92. The zero-order valence-electron chi connectivity index (χ0n) is 15.9. The predicted octanol–water partition coefficient (Wildman–Crippen LogP) is 2.04. The van der Waals surface area contributed by atoms with Crippen LogP contribution in [0.5, 0.6) is 11.5 Å². The molecule has 3 rings (SSSR count). The summed E-state index contributed by atoms with van der Waals surface area (Å²) in [5.74, 6) is 0.586. The Morgan fingerprint density at radius 2 is 1.82 bits per heavy atom. The highest BCUT2D eigenvalue weighted by Gasteiger charge is 2.25. The maximum atomic E-state index is 12.8. The number of hydrogen-bond donors (Lipinski definition) is 1. The van der Waals surface area contributed by atoms with Crippen LogP contribution in [-0.4, -0.2) is 48.8 Å². The van der Waals surface area contributed by atoms with Gasteiger partial charge in [-0.15, -0.1) is 0 Å². The molecule has 0 spiro atoms. The van der Waals surface area contributed by atoms with Crippen molar-refractivity contribution in [1.29, 1.82) is 0 Å². The number of nitrogens with zero attached hydrogens (tertiary/aromatic N) is 1. The number of amides is 1. The van der Waals surface area contributed by atoms with Crippen LogP contribution in [0.25, 0.3) is 0 Å². The summed E-state index contributed by atoms with van der Waals surface area (Å²) < 4.78 is 43.3. The second-order valence-electron chi connectivity index (χ2n) is 6.19. The highest BCUT2D eigenvalue weighted by Crippen LogP contribution is 2.33. The number of nitrogens with one attached hydrogen (secondary N) is 1. The van der Waals surface area contributed by atoms with E-state index in [0.29, 0.717) is 35.8 Å². The first-order valence-corrected chi connectivity index (χ1v) is 10.0. The predicted molar refractivity (Wildman–Crippen MR) is 105 cm³/mol. The number of anilines is 2. The standard InChI is InChI=1S/C19H22N2O6S/c1-25-12-19(22)21-9-8-13-4-5-14(10-16(13)21)20-28(23,24)15-6-7-17(26-2)18(11-15)27-3/h4-7,10-11,20H,8-9,12H2,1-3H3. The van der Waals surface area contributed by atoms with E-state index in [-0.39, 0.29) is 17.4 Å². The third-order valence-electron chi connectivity index (χ3n) is 4.47. The third-order valence-corrected chi connectivity index (χ3v) is 5.85. The van der Waals surface area contributed by atoms with Crippen LogP contribution in [0.15, 0.2) is 41.3 Å². The molecule has 1 amide bonds. The lowest BCUT2D eigenvalue weighted by molar-refractivity contribution is -0.122. The third kappa shape index (κ3) is 3.90. The van der Waals surface area contributed by atoms with Crippen molar-refractivity contribution in [3.8, 4) is 11.5 Å². The van der Waals surface area contributed by atoms with Crippen LogP contribution < -0.4 is 19.1 Å². The van der Waals surface area contributed by atoms with Gasteiger partial charge in [-0.25, -0.2) is 8.42 Å². The van der Waals surface area contributed by atoms with Gasteiger partial charge in [0.2, 0.25) is 0 Å². The summed E-state index contributed by atoms with van der Waals surface area (Å²) >= 11 is 0. The second kappa shape index (κ2) is 8.07. The summed E-state index contributed by atoms with van der Waals surface area (Å²) in [5, 5.41) is 0. The van der Waals surface area contributed by atoms with Gasteiger partial charge in [-0.3, -0.25) is 9.52 Å². The Bertz CT molecular complexity index is 990.